The molecule has 0 aliphatic rings. The third-order valence-electron chi connectivity index (χ3n) is 5.90. The number of nitrogens with one attached hydrogen (secondary N) is 2. The molecule has 4 aromatic rings. The Morgan fingerprint density at radius 2 is 1.83 bits per heavy atom. The molecule has 0 saturated carbocycles. The smallest absolute Gasteiger partial charge is 0.350 e. The van der Waals surface area contributed by atoms with Crippen LogP contribution < -0.4 is 21.9 Å². The van der Waals surface area contributed by atoms with E-state index in [2.05, 4.69) is 15.7 Å². The molecule has 4 rings (SSSR count). The molecule has 0 aliphatic heterocycles. The van der Waals surface area contributed by atoms with Gasteiger partial charge < -0.3 is 10.6 Å². The maximum Gasteiger partial charge on any atom is 0.352 e. The van der Waals surface area contributed by atoms with Crippen molar-refractivity contribution in [3.63, 3.8) is 0 Å². The van der Waals surface area contributed by atoms with E-state index in [-0.39, 0.29) is 51.5 Å². The zero-order valence-electron chi connectivity index (χ0n) is 20.4. The predicted octanol–water partition coefficient (Wildman–Crippen LogP) is 2.70. The van der Waals surface area contributed by atoms with Crippen molar-refractivity contribution in [3.8, 4) is 0 Å². The van der Waals surface area contributed by atoms with E-state index in [0.717, 1.165) is 17.2 Å². The highest BCUT2D eigenvalue weighted by Gasteiger charge is 2.21. The number of anilines is 1. The lowest BCUT2D eigenvalue weighted by Gasteiger charge is -2.14. The van der Waals surface area contributed by atoms with Crippen molar-refractivity contribution in [1.82, 2.24) is 24.1 Å². The second kappa shape index (κ2) is 9.76. The van der Waals surface area contributed by atoms with Gasteiger partial charge in [0.2, 0.25) is 11.7 Å². The maximum absolute atomic E-state index is 13.5. The maximum atomic E-state index is 13.5. The highest BCUT2D eigenvalue weighted by molar-refractivity contribution is 5.98. The summed E-state index contributed by atoms with van der Waals surface area (Å²) >= 11 is 0. The average Bonchev–Trinajstić information content (AvgIpc) is 3.13. The van der Waals surface area contributed by atoms with Gasteiger partial charge in [-0.2, -0.15) is 0 Å². The Labute approximate surface area is 205 Å². The van der Waals surface area contributed by atoms with Gasteiger partial charge in [0.1, 0.15) is 12.4 Å². The first-order valence-corrected chi connectivity index (χ1v) is 11.6. The molecular formula is C25H27FN6O4. The number of halogens is 1. The summed E-state index contributed by atoms with van der Waals surface area (Å²) < 4.78 is 17.0. The minimum Gasteiger partial charge on any atom is -0.350 e. The average molecular weight is 495 g/mol. The molecule has 2 amide bonds. The van der Waals surface area contributed by atoms with Gasteiger partial charge in [0.25, 0.3) is 11.5 Å². The van der Waals surface area contributed by atoms with Crippen LogP contribution in [-0.4, -0.2) is 36.6 Å². The monoisotopic (exact) mass is 494 g/mol. The third kappa shape index (κ3) is 4.64. The van der Waals surface area contributed by atoms with E-state index in [4.69, 9.17) is 0 Å². The number of carbonyl (C=O) groups is 2. The van der Waals surface area contributed by atoms with Crippen LogP contribution in [0.3, 0.4) is 0 Å². The molecule has 188 valence electrons. The van der Waals surface area contributed by atoms with Crippen LogP contribution in [0.2, 0.25) is 0 Å². The first-order chi connectivity index (χ1) is 17.1. The van der Waals surface area contributed by atoms with Gasteiger partial charge in [-0.05, 0) is 63.6 Å². The molecule has 0 saturated heterocycles. The van der Waals surface area contributed by atoms with E-state index in [0.29, 0.717) is 0 Å². The number of hydrogen-bond donors (Lipinski definition) is 2. The number of rotatable bonds is 7. The van der Waals surface area contributed by atoms with Crippen LogP contribution in [0.25, 0.3) is 16.7 Å². The number of carbonyl (C=O) groups excluding carboxylic acids is 2. The number of fused-ring (bicyclic) bond motifs is 3. The van der Waals surface area contributed by atoms with Crippen molar-refractivity contribution in [2.75, 3.05) is 5.32 Å². The Kier molecular flexibility index (Phi) is 6.73. The van der Waals surface area contributed by atoms with Gasteiger partial charge in [-0.3, -0.25) is 19.0 Å². The molecule has 2 N–H and O–H groups in total. The van der Waals surface area contributed by atoms with Crippen molar-refractivity contribution in [2.24, 2.45) is 0 Å². The van der Waals surface area contributed by atoms with E-state index in [9.17, 15) is 23.6 Å². The molecule has 0 spiro atoms. The molecule has 2 aromatic carbocycles. The fraction of sp³-hybridized carbons (Fsp3) is 0.320. The van der Waals surface area contributed by atoms with Crippen LogP contribution in [0.1, 0.15) is 50.5 Å². The first kappa shape index (κ1) is 24.8. The summed E-state index contributed by atoms with van der Waals surface area (Å²) in [4.78, 5) is 52.0. The van der Waals surface area contributed by atoms with Gasteiger partial charge in [-0.1, -0.05) is 13.0 Å². The Bertz CT molecular complexity index is 1600. The molecule has 1 atom stereocenters. The molecule has 36 heavy (non-hydrogen) atoms. The van der Waals surface area contributed by atoms with Crippen LogP contribution in [-0.2, 0) is 11.3 Å². The minimum absolute atomic E-state index is 0.0468. The van der Waals surface area contributed by atoms with Crippen molar-refractivity contribution in [2.45, 2.75) is 52.7 Å². The van der Waals surface area contributed by atoms with Crippen molar-refractivity contribution in [1.29, 1.82) is 0 Å². The number of benzene rings is 2. The van der Waals surface area contributed by atoms with Crippen molar-refractivity contribution < 1.29 is 14.0 Å². The molecule has 0 fully saturated rings. The third-order valence-corrected chi connectivity index (χ3v) is 5.90. The van der Waals surface area contributed by atoms with Crippen LogP contribution in [0.15, 0.2) is 52.1 Å². The summed E-state index contributed by atoms with van der Waals surface area (Å²) in [6, 6.07) is 9.51. The number of nitrogens with zero attached hydrogens (tertiary/aromatic N) is 4. The summed E-state index contributed by atoms with van der Waals surface area (Å²) in [6.45, 7) is 6.92. The Morgan fingerprint density at radius 3 is 2.50 bits per heavy atom. The fourth-order valence-electron chi connectivity index (χ4n) is 3.90. The van der Waals surface area contributed by atoms with E-state index in [1.165, 1.54) is 39.3 Å². The van der Waals surface area contributed by atoms with Crippen LogP contribution >= 0.6 is 0 Å². The molecule has 0 aliphatic carbocycles. The molecule has 2 aromatic heterocycles. The van der Waals surface area contributed by atoms with Crippen molar-refractivity contribution >= 4 is 34.2 Å². The normalized spacial score (nSPS) is 12.3. The van der Waals surface area contributed by atoms with E-state index in [1.54, 1.807) is 19.9 Å². The van der Waals surface area contributed by atoms with E-state index >= 15 is 0 Å². The van der Waals surface area contributed by atoms with E-state index in [1.807, 2.05) is 13.8 Å². The molecule has 11 heteroatoms. The lowest BCUT2D eigenvalue weighted by Crippen LogP contribution is -2.32. The zero-order valence-corrected chi connectivity index (χ0v) is 20.4. The zero-order chi connectivity index (χ0) is 26.1. The Balaban J connectivity index is 1.84. The van der Waals surface area contributed by atoms with Crippen LogP contribution in [0.4, 0.5) is 10.1 Å². The Hall–Kier alpha value is -4.28. The molecule has 2 heterocycles. The van der Waals surface area contributed by atoms with Crippen LogP contribution in [0.5, 0.6) is 0 Å². The molecule has 1 unspecified atom stereocenters. The SMILES string of the molecule is CCC(C)NC(=O)c1ccc2c(=O)n(C(C)C)c3nn(CC(=O)Nc4cccc(F)c4)c(=O)n3c2c1. The molecule has 10 nitrogen and oxygen atoms in total. The number of aromatic nitrogens is 4. The first-order valence-electron chi connectivity index (χ1n) is 11.6. The number of amides is 2. The standard InChI is InChI=1S/C25H27FN6O4/c1-5-15(4)27-22(34)16-9-10-19-20(11-16)32-24(31(14(2)3)23(19)35)29-30(25(32)36)13-21(33)28-18-8-6-7-17(26)12-18/h6-12,14-15H,5,13H2,1-4H3,(H,27,34)(H,28,33). The summed E-state index contributed by atoms with van der Waals surface area (Å²) in [6.07, 6.45) is 0.743. The van der Waals surface area contributed by atoms with Gasteiger partial charge in [-0.15, -0.1) is 5.10 Å². The van der Waals surface area contributed by atoms with Crippen LogP contribution in [0, 0.1) is 5.82 Å². The summed E-state index contributed by atoms with van der Waals surface area (Å²) in [5.74, 6) is -1.39. The highest BCUT2D eigenvalue weighted by Crippen LogP contribution is 2.17. The lowest BCUT2D eigenvalue weighted by molar-refractivity contribution is -0.117. The Morgan fingerprint density at radius 1 is 1.08 bits per heavy atom. The van der Waals surface area contributed by atoms with Gasteiger partial charge in [0.05, 0.1) is 10.9 Å². The molecule has 0 bridgehead atoms. The van der Waals surface area contributed by atoms with Crippen molar-refractivity contribution in [3.05, 3.63) is 74.7 Å². The van der Waals surface area contributed by atoms with Gasteiger partial charge in [-0.25, -0.2) is 18.3 Å². The molecule has 0 radical (unpaired) electrons. The van der Waals surface area contributed by atoms with E-state index < -0.39 is 24.0 Å². The quantitative estimate of drug-likeness (QED) is 0.409. The predicted molar refractivity (Wildman–Crippen MR) is 134 cm³/mol. The topological polar surface area (TPSA) is 120 Å². The molecular weight excluding hydrogens is 467 g/mol. The largest absolute Gasteiger partial charge is 0.352 e. The summed E-state index contributed by atoms with van der Waals surface area (Å²) in [5, 5.41) is 9.91. The summed E-state index contributed by atoms with van der Waals surface area (Å²) in [5.41, 5.74) is -0.292. The van der Waals surface area contributed by atoms with Gasteiger partial charge >= 0.3 is 5.69 Å². The lowest BCUT2D eigenvalue weighted by atomic mass is 10.1. The van der Waals surface area contributed by atoms with Gasteiger partial charge in [0.15, 0.2) is 0 Å². The summed E-state index contributed by atoms with van der Waals surface area (Å²) in [7, 11) is 0. The highest BCUT2D eigenvalue weighted by atomic mass is 19.1. The fourth-order valence-corrected chi connectivity index (χ4v) is 3.90. The minimum atomic E-state index is -0.654. The second-order valence-corrected chi connectivity index (χ2v) is 8.92. The second-order valence-electron chi connectivity index (χ2n) is 8.92. The van der Waals surface area contributed by atoms with Gasteiger partial charge in [0, 0.05) is 23.3 Å². The number of hydrogen-bond acceptors (Lipinski definition) is 5.